The van der Waals surface area contributed by atoms with Crippen molar-refractivity contribution in [3.63, 3.8) is 0 Å². The largest absolute Gasteiger partial charge is 0.445 e. The summed E-state index contributed by atoms with van der Waals surface area (Å²) in [6, 6.07) is 17.7. The Balaban J connectivity index is 1.54. The number of amides is 1. The monoisotopic (exact) mass is 545 g/mol. The van der Waals surface area contributed by atoms with Crippen molar-refractivity contribution in [3.8, 4) is 5.75 Å². The predicted octanol–water partition coefficient (Wildman–Crippen LogP) is 5.91. The Morgan fingerprint density at radius 2 is 1.66 bits per heavy atom. The first-order chi connectivity index (χ1) is 18.1. The number of halogens is 4. The van der Waals surface area contributed by atoms with Gasteiger partial charge in [-0.2, -0.15) is 13.2 Å². The van der Waals surface area contributed by atoms with E-state index < -0.39 is 41.1 Å². The van der Waals surface area contributed by atoms with Crippen LogP contribution in [0.15, 0.2) is 88.1 Å². The Hall–Kier alpha value is -4.31. The van der Waals surface area contributed by atoms with Gasteiger partial charge in [0.1, 0.15) is 24.0 Å². The molecule has 4 rings (SSSR count). The van der Waals surface area contributed by atoms with Crippen LogP contribution in [0.2, 0.25) is 5.02 Å². The molecule has 0 unspecified atom stereocenters. The van der Waals surface area contributed by atoms with Crippen LogP contribution < -0.4 is 15.7 Å². The van der Waals surface area contributed by atoms with Crippen molar-refractivity contribution < 1.29 is 36.7 Å². The molecule has 4 aromatic rings. The van der Waals surface area contributed by atoms with Crippen LogP contribution in [0.4, 0.5) is 18.0 Å². The number of hydrogen-bond acceptors (Lipinski definition) is 6. The zero-order valence-corrected chi connectivity index (χ0v) is 20.2. The van der Waals surface area contributed by atoms with Crippen LogP contribution in [0.3, 0.4) is 0 Å². The number of hydrogen-bond donors (Lipinski definition) is 1. The Labute approximate surface area is 218 Å². The third-order valence-corrected chi connectivity index (χ3v) is 5.63. The van der Waals surface area contributed by atoms with E-state index in [1.165, 1.54) is 0 Å². The molecule has 3 aromatic carbocycles. The zero-order valence-electron chi connectivity index (χ0n) is 19.5. The molecule has 7 nitrogen and oxygen atoms in total. The summed E-state index contributed by atoms with van der Waals surface area (Å²) in [5, 5.41) is 2.55. The molecule has 1 atom stereocenters. The van der Waals surface area contributed by atoms with Gasteiger partial charge in [0.05, 0.1) is 5.56 Å². The number of esters is 1. The number of carbonyl (C=O) groups is 2. The molecule has 0 aliphatic carbocycles. The van der Waals surface area contributed by atoms with Gasteiger partial charge in [0.15, 0.2) is 0 Å². The summed E-state index contributed by atoms with van der Waals surface area (Å²) >= 11 is 5.92. The fourth-order valence-electron chi connectivity index (χ4n) is 3.58. The van der Waals surface area contributed by atoms with Gasteiger partial charge in [-0.3, -0.25) is 0 Å². The van der Waals surface area contributed by atoms with Gasteiger partial charge in [0.25, 0.3) is 0 Å². The third kappa shape index (κ3) is 6.92. The molecule has 38 heavy (non-hydrogen) atoms. The number of benzene rings is 3. The molecule has 0 saturated carbocycles. The molecule has 11 heteroatoms. The molecule has 0 aliphatic rings. The molecular weight excluding hydrogens is 527 g/mol. The Morgan fingerprint density at radius 3 is 2.34 bits per heavy atom. The maximum atomic E-state index is 13.3. The van der Waals surface area contributed by atoms with Crippen LogP contribution in [-0.4, -0.2) is 18.1 Å². The average Bonchev–Trinajstić information content (AvgIpc) is 2.87. The van der Waals surface area contributed by atoms with Crippen LogP contribution in [0.1, 0.15) is 16.7 Å². The maximum Gasteiger partial charge on any atom is 0.417 e. The maximum absolute atomic E-state index is 13.3. The van der Waals surface area contributed by atoms with Crippen molar-refractivity contribution >= 4 is 34.6 Å². The van der Waals surface area contributed by atoms with Crippen LogP contribution >= 0.6 is 11.6 Å². The highest BCUT2D eigenvalue weighted by atomic mass is 35.5. The van der Waals surface area contributed by atoms with Gasteiger partial charge in [-0.15, -0.1) is 0 Å². The number of alkyl carbamates (subject to hydrolysis) is 1. The standard InChI is InChI=1S/C27H19ClF3NO6/c28-18-8-6-16(7-9-18)12-22(32-26(35)36-15-17-4-2-1-3-5-17)25(34)37-19-10-11-20-21(27(29,30)31)14-24(33)38-23(20)13-19/h1-11,13-14,22H,12,15H2,(H,32,35)/t22-/m0/s1. The summed E-state index contributed by atoms with van der Waals surface area (Å²) in [6.07, 6.45) is -5.68. The van der Waals surface area contributed by atoms with Crippen LogP contribution in [0.5, 0.6) is 5.75 Å². The highest BCUT2D eigenvalue weighted by molar-refractivity contribution is 6.30. The molecule has 0 saturated heterocycles. The van der Waals surface area contributed by atoms with Gasteiger partial charge < -0.3 is 19.2 Å². The zero-order chi connectivity index (χ0) is 27.3. The van der Waals surface area contributed by atoms with Gasteiger partial charge >= 0.3 is 23.9 Å². The second-order valence-electron chi connectivity index (χ2n) is 8.15. The van der Waals surface area contributed by atoms with Gasteiger partial charge in [0, 0.05) is 29.0 Å². The molecule has 1 amide bonds. The Morgan fingerprint density at radius 1 is 0.947 bits per heavy atom. The second kappa shape index (κ2) is 11.4. The summed E-state index contributed by atoms with van der Waals surface area (Å²) < 4.78 is 55.3. The van der Waals surface area contributed by atoms with E-state index in [1.807, 2.05) is 6.07 Å². The summed E-state index contributed by atoms with van der Waals surface area (Å²) in [5.41, 5.74) is -1.43. The normalized spacial score (nSPS) is 12.1. The number of fused-ring (bicyclic) bond motifs is 1. The van der Waals surface area contributed by atoms with E-state index in [9.17, 15) is 27.6 Å². The van der Waals surface area contributed by atoms with Gasteiger partial charge in [0.2, 0.25) is 0 Å². The van der Waals surface area contributed by atoms with Crippen LogP contribution in [0.25, 0.3) is 11.0 Å². The molecule has 1 N–H and O–H groups in total. The minimum Gasteiger partial charge on any atom is -0.445 e. The lowest BCUT2D eigenvalue weighted by atomic mass is 10.1. The molecule has 0 spiro atoms. The van der Waals surface area contributed by atoms with E-state index in [1.54, 1.807) is 48.5 Å². The van der Waals surface area contributed by atoms with E-state index >= 15 is 0 Å². The van der Waals surface area contributed by atoms with Gasteiger partial charge in [-0.1, -0.05) is 54.1 Å². The summed E-state index contributed by atoms with van der Waals surface area (Å²) in [7, 11) is 0. The third-order valence-electron chi connectivity index (χ3n) is 5.38. The number of rotatable bonds is 7. The fourth-order valence-corrected chi connectivity index (χ4v) is 3.71. The molecule has 0 bridgehead atoms. The highest BCUT2D eigenvalue weighted by Gasteiger charge is 2.34. The minimum absolute atomic E-state index is 0.00265. The quantitative estimate of drug-likeness (QED) is 0.176. The number of alkyl halides is 3. The topological polar surface area (TPSA) is 94.8 Å². The molecule has 0 fully saturated rings. The lowest BCUT2D eigenvalue weighted by Gasteiger charge is -2.18. The molecule has 1 heterocycles. The first kappa shape index (κ1) is 26.7. The van der Waals surface area contributed by atoms with Crippen LogP contribution in [-0.2, 0) is 28.7 Å². The molecule has 0 aliphatic heterocycles. The predicted molar refractivity (Wildman–Crippen MR) is 132 cm³/mol. The summed E-state index contributed by atoms with van der Waals surface area (Å²) in [4.78, 5) is 37.1. The Bertz CT molecular complexity index is 1500. The molecular formula is C27H19ClF3NO6. The van der Waals surface area contributed by atoms with Crippen molar-refractivity contribution in [3.05, 3.63) is 111 Å². The minimum atomic E-state index is -4.79. The molecule has 0 radical (unpaired) electrons. The van der Waals surface area contributed by atoms with Crippen molar-refractivity contribution in [1.82, 2.24) is 5.32 Å². The van der Waals surface area contributed by atoms with Gasteiger partial charge in [-0.25, -0.2) is 14.4 Å². The van der Waals surface area contributed by atoms with Gasteiger partial charge in [-0.05, 0) is 35.4 Å². The van der Waals surface area contributed by atoms with Crippen molar-refractivity contribution in [2.24, 2.45) is 0 Å². The van der Waals surface area contributed by atoms with E-state index in [0.29, 0.717) is 16.7 Å². The SMILES string of the molecule is O=C(N[C@@H](Cc1ccc(Cl)cc1)C(=O)Oc1ccc2c(C(F)(F)F)cc(=O)oc2c1)OCc1ccccc1. The second-order valence-corrected chi connectivity index (χ2v) is 8.58. The highest BCUT2D eigenvalue weighted by Crippen LogP contribution is 2.35. The smallest absolute Gasteiger partial charge is 0.417 e. The van der Waals surface area contributed by atoms with Crippen molar-refractivity contribution in [2.75, 3.05) is 0 Å². The van der Waals surface area contributed by atoms with E-state index in [0.717, 1.165) is 23.8 Å². The fraction of sp³-hybridized carbons (Fsp3) is 0.148. The molecule has 196 valence electrons. The molecule has 1 aromatic heterocycles. The number of nitrogens with one attached hydrogen (secondary N) is 1. The Kier molecular flexibility index (Phi) is 8.02. The van der Waals surface area contributed by atoms with Crippen molar-refractivity contribution in [2.45, 2.75) is 25.2 Å². The van der Waals surface area contributed by atoms with E-state index in [4.69, 9.17) is 25.5 Å². The number of carbonyl (C=O) groups excluding carboxylic acids is 2. The average molecular weight is 546 g/mol. The van der Waals surface area contributed by atoms with Crippen molar-refractivity contribution in [1.29, 1.82) is 0 Å². The lowest BCUT2D eigenvalue weighted by molar-refractivity contribution is -0.137. The lowest BCUT2D eigenvalue weighted by Crippen LogP contribution is -2.44. The summed E-state index contributed by atoms with van der Waals surface area (Å²) in [5.74, 6) is -1.11. The van der Waals surface area contributed by atoms with E-state index in [-0.39, 0.29) is 24.2 Å². The van der Waals surface area contributed by atoms with Crippen LogP contribution in [0, 0.1) is 0 Å². The first-order valence-electron chi connectivity index (χ1n) is 11.2. The van der Waals surface area contributed by atoms with E-state index in [2.05, 4.69) is 5.32 Å². The first-order valence-corrected chi connectivity index (χ1v) is 11.5. The number of ether oxygens (including phenoxy) is 2. The summed E-state index contributed by atoms with van der Waals surface area (Å²) in [6.45, 7) is -0.0410.